The third kappa shape index (κ3) is 4.32. The number of benzene rings is 2. The number of nitrogens with one attached hydrogen (secondary N) is 1. The molecule has 0 aliphatic carbocycles. The van der Waals surface area contributed by atoms with Gasteiger partial charge in [-0.3, -0.25) is 9.69 Å². The van der Waals surface area contributed by atoms with Crippen LogP contribution in [0.4, 0.5) is 18.9 Å². The van der Waals surface area contributed by atoms with E-state index in [1.807, 2.05) is 30.3 Å². The molecule has 2 rings (SSSR count). The highest BCUT2D eigenvalue weighted by atomic mass is 19.4. The van der Waals surface area contributed by atoms with Gasteiger partial charge in [0.2, 0.25) is 5.91 Å². The number of hydrogen-bond acceptors (Lipinski definition) is 2. The number of halogens is 3. The van der Waals surface area contributed by atoms with Crippen molar-refractivity contribution < 1.29 is 18.0 Å². The predicted octanol–water partition coefficient (Wildman–Crippen LogP) is 3.95. The summed E-state index contributed by atoms with van der Waals surface area (Å²) in [7, 11) is 3.54. The lowest BCUT2D eigenvalue weighted by Crippen LogP contribution is -2.32. The molecule has 0 saturated heterocycles. The first-order chi connectivity index (χ1) is 10.8. The van der Waals surface area contributed by atoms with E-state index in [0.717, 1.165) is 17.7 Å². The van der Waals surface area contributed by atoms with Crippen molar-refractivity contribution in [2.45, 2.75) is 12.2 Å². The largest absolute Gasteiger partial charge is 0.416 e. The summed E-state index contributed by atoms with van der Waals surface area (Å²) < 4.78 is 37.6. The third-order valence-corrected chi connectivity index (χ3v) is 3.36. The first-order valence-electron chi connectivity index (χ1n) is 6.98. The van der Waals surface area contributed by atoms with E-state index in [1.54, 1.807) is 19.0 Å². The van der Waals surface area contributed by atoms with E-state index in [9.17, 15) is 18.0 Å². The Morgan fingerprint density at radius 2 is 1.57 bits per heavy atom. The molecular formula is C17H17F3N2O. The zero-order valence-electron chi connectivity index (χ0n) is 12.8. The molecule has 1 atom stereocenters. The molecule has 23 heavy (non-hydrogen) atoms. The first-order valence-corrected chi connectivity index (χ1v) is 6.98. The Labute approximate surface area is 132 Å². The molecule has 1 unspecified atom stereocenters. The minimum Gasteiger partial charge on any atom is -0.324 e. The number of alkyl halides is 3. The van der Waals surface area contributed by atoms with Crippen LogP contribution in [0, 0.1) is 0 Å². The molecule has 0 radical (unpaired) electrons. The molecule has 6 heteroatoms. The van der Waals surface area contributed by atoms with Crippen LogP contribution in [-0.2, 0) is 11.0 Å². The Kier molecular flexibility index (Phi) is 5.05. The van der Waals surface area contributed by atoms with Gasteiger partial charge in [-0.1, -0.05) is 30.3 Å². The lowest BCUT2D eigenvalue weighted by Gasteiger charge is -2.24. The molecule has 3 nitrogen and oxygen atoms in total. The Bertz CT molecular complexity index is 652. The maximum absolute atomic E-state index is 12.5. The van der Waals surface area contributed by atoms with Crippen LogP contribution < -0.4 is 5.32 Å². The molecule has 1 N–H and O–H groups in total. The molecule has 2 aromatic carbocycles. The van der Waals surface area contributed by atoms with Crippen molar-refractivity contribution >= 4 is 11.6 Å². The summed E-state index contributed by atoms with van der Waals surface area (Å²) in [6, 6.07) is 13.0. The van der Waals surface area contributed by atoms with Gasteiger partial charge in [-0.05, 0) is 43.9 Å². The van der Waals surface area contributed by atoms with Crippen molar-refractivity contribution in [3.05, 3.63) is 65.7 Å². The third-order valence-electron chi connectivity index (χ3n) is 3.36. The molecule has 0 aliphatic heterocycles. The lowest BCUT2D eigenvalue weighted by molar-refractivity contribution is -0.137. The molecule has 0 fully saturated rings. The Hall–Kier alpha value is -2.34. The standard InChI is InChI=1S/C17H17F3N2O/c1-22(2)15(12-6-4-3-5-7-12)16(23)21-14-10-8-13(9-11-14)17(18,19)20/h3-11,15H,1-2H3,(H,21,23). The number of anilines is 1. The predicted molar refractivity (Wildman–Crippen MR) is 82.9 cm³/mol. The minimum absolute atomic E-state index is 0.305. The summed E-state index contributed by atoms with van der Waals surface area (Å²) in [5, 5.41) is 2.65. The number of carbonyl (C=O) groups excluding carboxylic acids is 1. The van der Waals surface area contributed by atoms with Gasteiger partial charge in [-0.25, -0.2) is 0 Å². The number of amides is 1. The van der Waals surface area contributed by atoms with E-state index in [-0.39, 0.29) is 5.91 Å². The van der Waals surface area contributed by atoms with Gasteiger partial charge < -0.3 is 5.32 Å². The van der Waals surface area contributed by atoms with E-state index in [4.69, 9.17) is 0 Å². The van der Waals surface area contributed by atoms with Gasteiger partial charge in [0.15, 0.2) is 0 Å². The molecule has 0 aromatic heterocycles. The number of hydrogen-bond donors (Lipinski definition) is 1. The maximum atomic E-state index is 12.5. The second-order valence-corrected chi connectivity index (χ2v) is 5.34. The van der Waals surface area contributed by atoms with Crippen molar-refractivity contribution in [2.75, 3.05) is 19.4 Å². The highest BCUT2D eigenvalue weighted by Crippen LogP contribution is 2.30. The maximum Gasteiger partial charge on any atom is 0.416 e. The minimum atomic E-state index is -4.39. The zero-order chi connectivity index (χ0) is 17.0. The van der Waals surface area contributed by atoms with E-state index in [2.05, 4.69) is 5.32 Å². The molecule has 122 valence electrons. The van der Waals surface area contributed by atoms with Crippen LogP contribution in [0.2, 0.25) is 0 Å². The van der Waals surface area contributed by atoms with E-state index >= 15 is 0 Å². The van der Waals surface area contributed by atoms with Gasteiger partial charge in [0.05, 0.1) is 5.56 Å². The second-order valence-electron chi connectivity index (χ2n) is 5.34. The summed E-state index contributed by atoms with van der Waals surface area (Å²) in [6.07, 6.45) is -4.39. The molecule has 0 spiro atoms. The van der Waals surface area contributed by atoms with Crippen LogP contribution in [0.3, 0.4) is 0 Å². The van der Waals surface area contributed by atoms with E-state index in [0.29, 0.717) is 5.69 Å². The highest BCUT2D eigenvalue weighted by Gasteiger charge is 2.30. The fourth-order valence-electron chi connectivity index (χ4n) is 2.27. The lowest BCUT2D eigenvalue weighted by atomic mass is 10.1. The van der Waals surface area contributed by atoms with Crippen molar-refractivity contribution in [3.63, 3.8) is 0 Å². The van der Waals surface area contributed by atoms with Crippen LogP contribution in [0.25, 0.3) is 0 Å². The molecule has 0 aliphatic rings. The fourth-order valence-corrected chi connectivity index (χ4v) is 2.27. The molecular weight excluding hydrogens is 305 g/mol. The molecule has 2 aromatic rings. The average molecular weight is 322 g/mol. The Morgan fingerprint density at radius 1 is 1.00 bits per heavy atom. The number of likely N-dealkylation sites (N-methyl/N-ethyl adjacent to an activating group) is 1. The molecule has 1 amide bonds. The highest BCUT2D eigenvalue weighted by molar-refractivity contribution is 5.95. The summed E-state index contributed by atoms with van der Waals surface area (Å²) >= 11 is 0. The van der Waals surface area contributed by atoms with Crippen LogP contribution >= 0.6 is 0 Å². The summed E-state index contributed by atoms with van der Waals surface area (Å²) in [6.45, 7) is 0. The van der Waals surface area contributed by atoms with Crippen molar-refractivity contribution in [1.29, 1.82) is 0 Å². The quantitative estimate of drug-likeness (QED) is 0.924. The first kappa shape index (κ1) is 17.0. The van der Waals surface area contributed by atoms with Gasteiger partial charge in [-0.2, -0.15) is 13.2 Å². The van der Waals surface area contributed by atoms with Gasteiger partial charge >= 0.3 is 6.18 Å². The van der Waals surface area contributed by atoms with Crippen LogP contribution in [0.5, 0.6) is 0 Å². The SMILES string of the molecule is CN(C)C(C(=O)Nc1ccc(C(F)(F)F)cc1)c1ccccc1. The average Bonchev–Trinajstić information content (AvgIpc) is 2.47. The van der Waals surface area contributed by atoms with Gasteiger partial charge in [0, 0.05) is 5.69 Å². The number of rotatable bonds is 4. The molecule has 0 saturated carbocycles. The van der Waals surface area contributed by atoms with Gasteiger partial charge in [0.1, 0.15) is 6.04 Å². The Balaban J connectivity index is 2.16. The Morgan fingerprint density at radius 3 is 2.04 bits per heavy atom. The topological polar surface area (TPSA) is 32.3 Å². The van der Waals surface area contributed by atoms with Gasteiger partial charge in [-0.15, -0.1) is 0 Å². The fraction of sp³-hybridized carbons (Fsp3) is 0.235. The zero-order valence-corrected chi connectivity index (χ0v) is 12.8. The van der Waals surface area contributed by atoms with Crippen LogP contribution in [-0.4, -0.2) is 24.9 Å². The van der Waals surface area contributed by atoms with Crippen molar-refractivity contribution in [1.82, 2.24) is 4.90 Å². The van der Waals surface area contributed by atoms with Gasteiger partial charge in [0.25, 0.3) is 0 Å². The van der Waals surface area contributed by atoms with E-state index in [1.165, 1.54) is 12.1 Å². The normalized spacial score (nSPS) is 13.0. The number of nitrogens with zero attached hydrogens (tertiary/aromatic N) is 1. The van der Waals surface area contributed by atoms with E-state index < -0.39 is 17.8 Å². The monoisotopic (exact) mass is 322 g/mol. The van der Waals surface area contributed by atoms with Crippen LogP contribution in [0.1, 0.15) is 17.2 Å². The number of carbonyl (C=O) groups is 1. The summed E-state index contributed by atoms with van der Waals surface area (Å²) in [4.78, 5) is 14.2. The smallest absolute Gasteiger partial charge is 0.324 e. The molecule has 0 heterocycles. The van der Waals surface area contributed by atoms with Crippen LogP contribution in [0.15, 0.2) is 54.6 Å². The summed E-state index contributed by atoms with van der Waals surface area (Å²) in [5.74, 6) is -0.305. The summed E-state index contributed by atoms with van der Waals surface area (Å²) in [5.41, 5.74) is 0.385. The molecule has 0 bridgehead atoms. The second kappa shape index (κ2) is 6.83. The van der Waals surface area contributed by atoms with Crippen molar-refractivity contribution in [3.8, 4) is 0 Å². The van der Waals surface area contributed by atoms with Crippen molar-refractivity contribution in [2.24, 2.45) is 0 Å².